The summed E-state index contributed by atoms with van der Waals surface area (Å²) in [6.45, 7) is 11.4. The molecule has 0 aliphatic carbocycles. The van der Waals surface area contributed by atoms with Crippen LogP contribution in [-0.4, -0.2) is 25.7 Å². The van der Waals surface area contributed by atoms with E-state index < -0.39 is 0 Å². The first-order valence-electron chi connectivity index (χ1n) is 6.46. The zero-order valence-electron chi connectivity index (χ0n) is 11.5. The van der Waals surface area contributed by atoms with Gasteiger partial charge in [0, 0.05) is 18.8 Å². The lowest BCUT2D eigenvalue weighted by atomic mass is 10.2. The average Bonchev–Trinajstić information content (AvgIpc) is 2.44. The van der Waals surface area contributed by atoms with Crippen LogP contribution in [0, 0.1) is 0 Å². The monoisotopic (exact) mass is 259 g/mol. The summed E-state index contributed by atoms with van der Waals surface area (Å²) in [6, 6.07) is 7.39. The second-order valence-corrected chi connectivity index (χ2v) is 4.17. The Morgan fingerprint density at radius 2 is 1.79 bits per heavy atom. The lowest BCUT2D eigenvalue weighted by Crippen LogP contribution is -2.23. The van der Waals surface area contributed by atoms with Gasteiger partial charge in [-0.2, -0.15) is 0 Å². The largest absolute Gasteiger partial charge is 0.462 e. The van der Waals surface area contributed by atoms with E-state index in [1.165, 1.54) is 0 Å². The van der Waals surface area contributed by atoms with Gasteiger partial charge in [-0.1, -0.05) is 19.1 Å². The molecule has 19 heavy (non-hydrogen) atoms. The minimum atomic E-state index is -0.271. The number of ether oxygens (including phenoxy) is 1. The van der Waals surface area contributed by atoms with E-state index >= 15 is 0 Å². The molecule has 0 heterocycles. The number of rotatable bonds is 8. The first kappa shape index (κ1) is 15.0. The van der Waals surface area contributed by atoms with Gasteiger partial charge >= 0.3 is 5.97 Å². The van der Waals surface area contributed by atoms with Crippen LogP contribution in [0.1, 0.15) is 23.7 Å². The summed E-state index contributed by atoms with van der Waals surface area (Å²) in [6.07, 6.45) is 4.51. The molecular formula is C16H21NO2. The molecule has 0 bridgehead atoms. The van der Waals surface area contributed by atoms with Crippen LogP contribution in [0.4, 0.5) is 5.69 Å². The van der Waals surface area contributed by atoms with Crippen molar-refractivity contribution in [2.24, 2.45) is 0 Å². The van der Waals surface area contributed by atoms with Gasteiger partial charge in [0.25, 0.3) is 0 Å². The summed E-state index contributed by atoms with van der Waals surface area (Å²) < 4.78 is 5.09. The minimum Gasteiger partial charge on any atom is -0.462 e. The molecule has 3 heteroatoms. The van der Waals surface area contributed by atoms with Gasteiger partial charge in [0.15, 0.2) is 0 Å². The lowest BCUT2D eigenvalue weighted by molar-refractivity contribution is 0.0505. The molecule has 0 aliphatic rings. The van der Waals surface area contributed by atoms with E-state index in [4.69, 9.17) is 4.74 Å². The molecule has 0 amide bonds. The van der Waals surface area contributed by atoms with Crippen molar-refractivity contribution in [3.63, 3.8) is 0 Å². The molecule has 0 aliphatic heterocycles. The number of nitrogens with zero attached hydrogens (tertiary/aromatic N) is 1. The second kappa shape index (κ2) is 8.14. The van der Waals surface area contributed by atoms with Gasteiger partial charge in [0.2, 0.25) is 0 Å². The Morgan fingerprint density at radius 1 is 1.21 bits per heavy atom. The fourth-order valence-corrected chi connectivity index (χ4v) is 1.68. The van der Waals surface area contributed by atoms with Crippen LogP contribution in [-0.2, 0) is 4.74 Å². The number of hydrogen-bond donors (Lipinski definition) is 0. The fourth-order valence-electron chi connectivity index (χ4n) is 1.68. The minimum absolute atomic E-state index is 0.271. The van der Waals surface area contributed by atoms with Crippen molar-refractivity contribution in [3.05, 3.63) is 55.1 Å². The van der Waals surface area contributed by atoms with E-state index in [1.54, 1.807) is 12.1 Å². The van der Waals surface area contributed by atoms with Gasteiger partial charge in [0.1, 0.15) is 0 Å². The van der Waals surface area contributed by atoms with E-state index in [0.717, 1.165) is 25.2 Å². The number of hydrogen-bond acceptors (Lipinski definition) is 3. The van der Waals surface area contributed by atoms with Gasteiger partial charge in [-0.25, -0.2) is 4.79 Å². The predicted molar refractivity (Wildman–Crippen MR) is 79.6 cm³/mol. The summed E-state index contributed by atoms with van der Waals surface area (Å²) >= 11 is 0. The van der Waals surface area contributed by atoms with Gasteiger partial charge in [-0.3, -0.25) is 0 Å². The molecule has 0 saturated carbocycles. The molecule has 0 unspecified atom stereocenters. The predicted octanol–water partition coefficient (Wildman–Crippen LogP) is 3.43. The first-order valence-corrected chi connectivity index (χ1v) is 6.46. The molecular weight excluding hydrogens is 238 g/mol. The van der Waals surface area contributed by atoms with E-state index in [-0.39, 0.29) is 5.97 Å². The third-order valence-electron chi connectivity index (χ3n) is 2.60. The van der Waals surface area contributed by atoms with Crippen LogP contribution < -0.4 is 4.90 Å². The molecule has 0 fully saturated rings. The maximum Gasteiger partial charge on any atom is 0.338 e. The lowest BCUT2D eigenvalue weighted by Gasteiger charge is -2.21. The van der Waals surface area contributed by atoms with E-state index in [0.29, 0.717) is 12.2 Å². The molecule has 0 aromatic heterocycles. The highest BCUT2D eigenvalue weighted by molar-refractivity contribution is 5.89. The van der Waals surface area contributed by atoms with Crippen molar-refractivity contribution < 1.29 is 9.53 Å². The molecule has 0 atom stereocenters. The molecule has 1 rings (SSSR count). The Labute approximate surface area is 115 Å². The molecule has 1 aromatic carbocycles. The molecule has 0 N–H and O–H groups in total. The Hall–Kier alpha value is -2.03. The smallest absolute Gasteiger partial charge is 0.338 e. The van der Waals surface area contributed by atoms with Gasteiger partial charge < -0.3 is 9.64 Å². The van der Waals surface area contributed by atoms with Gasteiger partial charge in [0.05, 0.1) is 12.2 Å². The van der Waals surface area contributed by atoms with Crippen molar-refractivity contribution >= 4 is 11.7 Å². The number of benzene rings is 1. The van der Waals surface area contributed by atoms with E-state index in [1.807, 2.05) is 31.2 Å². The summed E-state index contributed by atoms with van der Waals surface area (Å²) in [5, 5.41) is 0. The van der Waals surface area contributed by atoms with E-state index in [2.05, 4.69) is 18.1 Å². The maximum absolute atomic E-state index is 11.7. The molecule has 0 radical (unpaired) electrons. The Bertz CT molecular complexity index is 413. The molecule has 1 aromatic rings. The zero-order chi connectivity index (χ0) is 14.1. The quantitative estimate of drug-likeness (QED) is 0.529. The van der Waals surface area contributed by atoms with Crippen LogP contribution in [0.2, 0.25) is 0 Å². The van der Waals surface area contributed by atoms with Gasteiger partial charge in [-0.05, 0) is 30.7 Å². The van der Waals surface area contributed by atoms with Crippen LogP contribution in [0.15, 0.2) is 49.6 Å². The van der Waals surface area contributed by atoms with Crippen LogP contribution in [0.25, 0.3) is 0 Å². The SMILES string of the molecule is C=CCN(CC=C)c1ccc(C(=O)OCCC)cc1. The fraction of sp³-hybridized carbons (Fsp3) is 0.312. The Balaban J connectivity index is 2.76. The summed E-state index contributed by atoms with van der Waals surface area (Å²) in [5.41, 5.74) is 1.61. The third kappa shape index (κ3) is 4.62. The van der Waals surface area contributed by atoms with Crippen molar-refractivity contribution in [1.29, 1.82) is 0 Å². The molecule has 0 saturated heterocycles. The topological polar surface area (TPSA) is 29.5 Å². The summed E-state index contributed by atoms with van der Waals surface area (Å²) in [4.78, 5) is 13.8. The molecule has 0 spiro atoms. The normalized spacial score (nSPS) is 9.74. The van der Waals surface area contributed by atoms with E-state index in [9.17, 15) is 4.79 Å². The average molecular weight is 259 g/mol. The third-order valence-corrected chi connectivity index (χ3v) is 2.60. The maximum atomic E-state index is 11.7. The highest BCUT2D eigenvalue weighted by atomic mass is 16.5. The zero-order valence-corrected chi connectivity index (χ0v) is 11.5. The highest BCUT2D eigenvalue weighted by Gasteiger charge is 2.08. The number of carbonyl (C=O) groups excluding carboxylic acids is 1. The summed E-state index contributed by atoms with van der Waals surface area (Å²) in [7, 11) is 0. The Kier molecular flexibility index (Phi) is 6.44. The number of carbonyl (C=O) groups is 1. The number of esters is 1. The molecule has 102 valence electrons. The number of anilines is 1. The second-order valence-electron chi connectivity index (χ2n) is 4.17. The van der Waals surface area contributed by atoms with Crippen molar-refractivity contribution in [3.8, 4) is 0 Å². The highest BCUT2D eigenvalue weighted by Crippen LogP contribution is 2.16. The van der Waals surface area contributed by atoms with Gasteiger partial charge in [-0.15, -0.1) is 13.2 Å². The van der Waals surface area contributed by atoms with Crippen molar-refractivity contribution in [2.45, 2.75) is 13.3 Å². The summed E-state index contributed by atoms with van der Waals surface area (Å²) in [5.74, 6) is -0.271. The van der Waals surface area contributed by atoms with Crippen molar-refractivity contribution in [1.82, 2.24) is 0 Å². The molecule has 3 nitrogen and oxygen atoms in total. The van der Waals surface area contributed by atoms with Crippen LogP contribution >= 0.6 is 0 Å². The van der Waals surface area contributed by atoms with Crippen LogP contribution in [0.5, 0.6) is 0 Å². The van der Waals surface area contributed by atoms with Crippen molar-refractivity contribution in [2.75, 3.05) is 24.6 Å². The van der Waals surface area contributed by atoms with Crippen LogP contribution in [0.3, 0.4) is 0 Å². The standard InChI is InChI=1S/C16H21NO2/c1-4-11-17(12-5-2)15-9-7-14(8-10-15)16(18)19-13-6-3/h4-5,7-10H,1-2,6,11-13H2,3H3. The first-order chi connectivity index (χ1) is 9.22. The Morgan fingerprint density at radius 3 is 2.26 bits per heavy atom.